The lowest BCUT2D eigenvalue weighted by atomic mass is 10.1. The number of hydrogen-bond donors (Lipinski definition) is 1. The van der Waals surface area contributed by atoms with Crippen LogP contribution in [0.25, 0.3) is 16.9 Å². The molecule has 0 bridgehead atoms. The molecule has 0 radical (unpaired) electrons. The van der Waals surface area contributed by atoms with Crippen LogP contribution in [0.4, 0.5) is 5.69 Å². The Balaban J connectivity index is 2.18. The number of aryl methyl sites for hydroxylation is 1. The number of nitrogen functional groups attached to an aromatic ring is 1. The van der Waals surface area contributed by atoms with Crippen LogP contribution in [0.1, 0.15) is 25.1 Å². The molecule has 120 valence electrons. The Morgan fingerprint density at radius 1 is 1.09 bits per heavy atom. The summed E-state index contributed by atoms with van der Waals surface area (Å²) >= 11 is 0. The molecule has 0 amide bonds. The number of imidazole rings is 1. The molecule has 0 fully saturated rings. The van der Waals surface area contributed by atoms with Gasteiger partial charge in [-0.05, 0) is 43.8 Å². The second-order valence-electron chi connectivity index (χ2n) is 5.88. The second kappa shape index (κ2) is 6.42. The van der Waals surface area contributed by atoms with Crippen molar-refractivity contribution in [1.29, 1.82) is 0 Å². The van der Waals surface area contributed by atoms with Crippen molar-refractivity contribution in [3.8, 4) is 11.3 Å². The van der Waals surface area contributed by atoms with E-state index in [0.29, 0.717) is 0 Å². The third-order valence-electron chi connectivity index (χ3n) is 4.40. The van der Waals surface area contributed by atoms with Gasteiger partial charge in [-0.3, -0.25) is 4.90 Å². The SMILES string of the molecule is CCN(CC)Cc1c(-c2ccc(N)cc2)nc2c(C)cccn12. The van der Waals surface area contributed by atoms with Gasteiger partial charge >= 0.3 is 0 Å². The van der Waals surface area contributed by atoms with E-state index < -0.39 is 0 Å². The molecule has 0 unspecified atom stereocenters. The van der Waals surface area contributed by atoms with Gasteiger partial charge in [-0.25, -0.2) is 4.98 Å². The first kappa shape index (κ1) is 15.6. The van der Waals surface area contributed by atoms with E-state index in [2.05, 4.69) is 60.5 Å². The van der Waals surface area contributed by atoms with Gasteiger partial charge in [-0.2, -0.15) is 0 Å². The van der Waals surface area contributed by atoms with Crippen LogP contribution < -0.4 is 5.73 Å². The van der Waals surface area contributed by atoms with Crippen LogP contribution in [-0.4, -0.2) is 27.4 Å². The van der Waals surface area contributed by atoms with Crippen LogP contribution in [0.3, 0.4) is 0 Å². The largest absolute Gasteiger partial charge is 0.399 e. The average Bonchev–Trinajstić information content (AvgIpc) is 2.93. The smallest absolute Gasteiger partial charge is 0.140 e. The summed E-state index contributed by atoms with van der Waals surface area (Å²) in [6.45, 7) is 9.43. The number of nitrogens with two attached hydrogens (primary N) is 1. The molecule has 2 aromatic heterocycles. The van der Waals surface area contributed by atoms with E-state index >= 15 is 0 Å². The number of pyridine rings is 1. The van der Waals surface area contributed by atoms with Gasteiger partial charge in [0.05, 0.1) is 11.4 Å². The summed E-state index contributed by atoms with van der Waals surface area (Å²) in [6, 6.07) is 12.2. The summed E-state index contributed by atoms with van der Waals surface area (Å²) in [6.07, 6.45) is 2.11. The summed E-state index contributed by atoms with van der Waals surface area (Å²) in [7, 11) is 0. The molecular weight excluding hydrogens is 284 g/mol. The monoisotopic (exact) mass is 308 g/mol. The summed E-state index contributed by atoms with van der Waals surface area (Å²) in [5, 5.41) is 0. The lowest BCUT2D eigenvalue weighted by molar-refractivity contribution is 0.292. The average molecular weight is 308 g/mol. The highest BCUT2D eigenvalue weighted by Gasteiger charge is 2.16. The minimum absolute atomic E-state index is 0.777. The molecule has 0 aliphatic heterocycles. The Morgan fingerprint density at radius 3 is 2.43 bits per heavy atom. The van der Waals surface area contributed by atoms with Crippen molar-refractivity contribution >= 4 is 11.3 Å². The van der Waals surface area contributed by atoms with E-state index in [9.17, 15) is 0 Å². The first-order valence-electron chi connectivity index (χ1n) is 8.18. The van der Waals surface area contributed by atoms with Crippen LogP contribution in [0.5, 0.6) is 0 Å². The Morgan fingerprint density at radius 2 is 1.78 bits per heavy atom. The van der Waals surface area contributed by atoms with Crippen LogP contribution in [0.2, 0.25) is 0 Å². The number of aromatic nitrogens is 2. The predicted octanol–water partition coefficient (Wildman–Crippen LogP) is 3.73. The fraction of sp³-hybridized carbons (Fsp3) is 0.316. The van der Waals surface area contributed by atoms with Gasteiger partial charge in [0.15, 0.2) is 0 Å². The van der Waals surface area contributed by atoms with E-state index in [1.54, 1.807) is 0 Å². The maximum absolute atomic E-state index is 5.83. The lowest BCUT2D eigenvalue weighted by Crippen LogP contribution is -2.23. The molecule has 1 aromatic carbocycles. The Kier molecular flexibility index (Phi) is 4.35. The molecule has 0 saturated heterocycles. The van der Waals surface area contributed by atoms with Gasteiger partial charge in [-0.15, -0.1) is 0 Å². The van der Waals surface area contributed by atoms with E-state index in [1.807, 2.05) is 12.1 Å². The van der Waals surface area contributed by atoms with Gasteiger partial charge in [0.25, 0.3) is 0 Å². The minimum atomic E-state index is 0.777. The highest BCUT2D eigenvalue weighted by molar-refractivity contribution is 5.69. The molecule has 23 heavy (non-hydrogen) atoms. The van der Waals surface area contributed by atoms with Gasteiger partial charge in [0, 0.05) is 24.0 Å². The number of nitrogens with zero attached hydrogens (tertiary/aromatic N) is 3. The molecule has 0 spiro atoms. The molecule has 0 atom stereocenters. The topological polar surface area (TPSA) is 46.6 Å². The summed E-state index contributed by atoms with van der Waals surface area (Å²) in [5.41, 5.74) is 12.2. The maximum Gasteiger partial charge on any atom is 0.140 e. The molecule has 3 rings (SSSR count). The van der Waals surface area contributed by atoms with Crippen molar-refractivity contribution in [2.24, 2.45) is 0 Å². The molecule has 0 saturated carbocycles. The fourth-order valence-electron chi connectivity index (χ4n) is 2.94. The lowest BCUT2D eigenvalue weighted by Gasteiger charge is -2.18. The second-order valence-corrected chi connectivity index (χ2v) is 5.88. The Hall–Kier alpha value is -2.33. The van der Waals surface area contributed by atoms with Gasteiger partial charge in [0.1, 0.15) is 5.65 Å². The van der Waals surface area contributed by atoms with Crippen molar-refractivity contribution in [1.82, 2.24) is 14.3 Å². The highest BCUT2D eigenvalue weighted by Crippen LogP contribution is 2.27. The molecule has 4 heteroatoms. The molecule has 4 nitrogen and oxygen atoms in total. The zero-order chi connectivity index (χ0) is 16.4. The standard InChI is InChI=1S/C19H24N4/c1-4-22(5-2)13-17-18(15-8-10-16(20)11-9-15)21-19-14(3)7-6-12-23(17)19/h6-12H,4-5,13,20H2,1-3H3. The van der Waals surface area contributed by atoms with E-state index in [1.165, 1.54) is 11.3 Å². The van der Waals surface area contributed by atoms with Gasteiger partial charge in [0.2, 0.25) is 0 Å². The third kappa shape index (κ3) is 2.94. The maximum atomic E-state index is 5.83. The third-order valence-corrected chi connectivity index (χ3v) is 4.40. The Bertz CT molecular complexity index is 798. The minimum Gasteiger partial charge on any atom is -0.399 e. The van der Waals surface area contributed by atoms with Crippen LogP contribution in [0.15, 0.2) is 42.6 Å². The van der Waals surface area contributed by atoms with Crippen molar-refractivity contribution in [3.63, 3.8) is 0 Å². The fourth-order valence-corrected chi connectivity index (χ4v) is 2.94. The number of anilines is 1. The number of fused-ring (bicyclic) bond motifs is 1. The Labute approximate surface area is 137 Å². The number of benzene rings is 1. The van der Waals surface area contributed by atoms with Gasteiger partial charge < -0.3 is 10.1 Å². The van der Waals surface area contributed by atoms with Crippen molar-refractivity contribution in [3.05, 3.63) is 53.9 Å². The highest BCUT2D eigenvalue weighted by atomic mass is 15.1. The first-order chi connectivity index (χ1) is 11.1. The van der Waals surface area contributed by atoms with Crippen LogP contribution in [0, 0.1) is 6.92 Å². The quantitative estimate of drug-likeness (QED) is 0.731. The van der Waals surface area contributed by atoms with E-state index in [-0.39, 0.29) is 0 Å². The van der Waals surface area contributed by atoms with Crippen LogP contribution >= 0.6 is 0 Å². The van der Waals surface area contributed by atoms with Gasteiger partial charge in [-0.1, -0.05) is 32.0 Å². The molecule has 0 aliphatic rings. The molecule has 3 aromatic rings. The molecular formula is C19H24N4. The summed E-state index contributed by atoms with van der Waals surface area (Å²) in [4.78, 5) is 7.34. The molecule has 2 N–H and O–H groups in total. The predicted molar refractivity (Wildman–Crippen MR) is 96.4 cm³/mol. The zero-order valence-corrected chi connectivity index (χ0v) is 14.1. The summed E-state index contributed by atoms with van der Waals surface area (Å²) in [5.74, 6) is 0. The summed E-state index contributed by atoms with van der Waals surface area (Å²) < 4.78 is 2.22. The van der Waals surface area contributed by atoms with E-state index in [4.69, 9.17) is 10.7 Å². The first-order valence-corrected chi connectivity index (χ1v) is 8.18. The zero-order valence-electron chi connectivity index (χ0n) is 14.1. The number of hydrogen-bond acceptors (Lipinski definition) is 3. The van der Waals surface area contributed by atoms with Crippen LogP contribution in [-0.2, 0) is 6.54 Å². The normalized spacial score (nSPS) is 11.5. The number of rotatable bonds is 5. The van der Waals surface area contributed by atoms with Crippen molar-refractivity contribution < 1.29 is 0 Å². The van der Waals surface area contributed by atoms with E-state index in [0.717, 1.165) is 42.2 Å². The van der Waals surface area contributed by atoms with Crippen molar-refractivity contribution in [2.75, 3.05) is 18.8 Å². The molecule has 2 heterocycles. The molecule has 0 aliphatic carbocycles. The van der Waals surface area contributed by atoms with Crippen molar-refractivity contribution in [2.45, 2.75) is 27.3 Å².